The van der Waals surface area contributed by atoms with Crippen LogP contribution in [0.3, 0.4) is 0 Å². The van der Waals surface area contributed by atoms with Gasteiger partial charge in [0.15, 0.2) is 0 Å². The number of hydrogen-bond donors (Lipinski definition) is 2. The summed E-state index contributed by atoms with van der Waals surface area (Å²) in [7, 11) is 0. The van der Waals surface area contributed by atoms with E-state index in [1.807, 2.05) is 0 Å². The molecule has 0 fully saturated rings. The van der Waals surface area contributed by atoms with Crippen LogP contribution in [0, 0.1) is 0 Å². The van der Waals surface area contributed by atoms with Crippen molar-refractivity contribution in [2.45, 2.75) is 17.5 Å². The Morgan fingerprint density at radius 1 is 1.56 bits per heavy atom. The molecule has 0 atom stereocenters. The molecular formula is C6H5F4N3O2S. The molecule has 0 spiro atoms. The van der Waals surface area contributed by atoms with Gasteiger partial charge in [0.25, 0.3) is 0 Å². The van der Waals surface area contributed by atoms with Crippen LogP contribution in [-0.2, 0) is 10.7 Å². The van der Waals surface area contributed by atoms with Crippen LogP contribution >= 0.6 is 11.8 Å². The first-order chi connectivity index (χ1) is 7.34. The average Bonchev–Trinajstić information content (AvgIpc) is 2.63. The number of carboxylic acids is 1. The number of thioether (sulfide) groups is 1. The topological polar surface area (TPSA) is 78.9 Å². The summed E-state index contributed by atoms with van der Waals surface area (Å²) in [5.41, 5.74) is 0. The van der Waals surface area contributed by atoms with Gasteiger partial charge in [-0.05, 0) is 0 Å². The lowest BCUT2D eigenvalue weighted by Crippen LogP contribution is -2.25. The number of alkyl halides is 4. The lowest BCUT2D eigenvalue weighted by molar-refractivity contribution is -0.140. The summed E-state index contributed by atoms with van der Waals surface area (Å²) in [5, 5.41) is 12.8. The molecule has 10 heteroatoms. The van der Waals surface area contributed by atoms with E-state index in [4.69, 9.17) is 5.11 Å². The summed E-state index contributed by atoms with van der Waals surface area (Å²) >= 11 is 0.546. The largest absolute Gasteiger partial charge is 0.481 e. The van der Waals surface area contributed by atoms with Crippen LogP contribution < -0.4 is 0 Å². The molecule has 0 amide bonds. The molecule has 1 aromatic heterocycles. The quantitative estimate of drug-likeness (QED) is 0.616. The zero-order chi connectivity index (χ0) is 12.3. The SMILES string of the molecule is O=C(O)CSc1n[nH]c(C(F)(F)C(F)F)n1. The van der Waals surface area contributed by atoms with Crippen molar-refractivity contribution in [3.63, 3.8) is 0 Å². The summed E-state index contributed by atoms with van der Waals surface area (Å²) in [5.74, 6) is -7.35. The molecule has 0 bridgehead atoms. The monoisotopic (exact) mass is 259 g/mol. The normalized spacial score (nSPS) is 12.1. The van der Waals surface area contributed by atoms with E-state index in [1.165, 1.54) is 0 Å². The van der Waals surface area contributed by atoms with Crippen LogP contribution in [0.1, 0.15) is 5.82 Å². The molecule has 1 rings (SSSR count). The van der Waals surface area contributed by atoms with Crippen LogP contribution in [-0.4, -0.2) is 38.4 Å². The first kappa shape index (κ1) is 12.7. The van der Waals surface area contributed by atoms with E-state index in [2.05, 4.69) is 10.1 Å². The van der Waals surface area contributed by atoms with E-state index in [-0.39, 0.29) is 5.16 Å². The number of aliphatic carboxylic acids is 1. The molecule has 0 saturated heterocycles. The lowest BCUT2D eigenvalue weighted by atomic mass is 10.3. The predicted molar refractivity (Wildman–Crippen MR) is 44.6 cm³/mol. The minimum absolute atomic E-state index is 0.322. The number of H-pyrrole nitrogens is 1. The molecule has 0 saturated carbocycles. The van der Waals surface area contributed by atoms with Crippen molar-refractivity contribution in [2.24, 2.45) is 0 Å². The number of nitrogens with one attached hydrogen (secondary N) is 1. The van der Waals surface area contributed by atoms with Crippen molar-refractivity contribution >= 4 is 17.7 Å². The van der Waals surface area contributed by atoms with Gasteiger partial charge in [-0.25, -0.2) is 8.78 Å². The Labute approximate surface area is 90.2 Å². The van der Waals surface area contributed by atoms with E-state index >= 15 is 0 Å². The van der Waals surface area contributed by atoms with E-state index in [9.17, 15) is 22.4 Å². The van der Waals surface area contributed by atoms with Crippen molar-refractivity contribution < 1.29 is 27.5 Å². The van der Waals surface area contributed by atoms with Gasteiger partial charge >= 0.3 is 18.3 Å². The summed E-state index contributed by atoms with van der Waals surface area (Å²) in [6, 6.07) is 0. The Morgan fingerprint density at radius 2 is 2.19 bits per heavy atom. The maximum atomic E-state index is 12.7. The fourth-order valence-electron chi connectivity index (χ4n) is 0.690. The molecule has 1 aromatic rings. The molecule has 0 aliphatic rings. The zero-order valence-electron chi connectivity index (χ0n) is 7.45. The maximum absolute atomic E-state index is 12.7. The van der Waals surface area contributed by atoms with E-state index in [0.29, 0.717) is 11.8 Å². The Hall–Kier alpha value is -1.32. The summed E-state index contributed by atoms with van der Waals surface area (Å²) in [6.45, 7) is 0. The molecule has 2 N–H and O–H groups in total. The molecule has 5 nitrogen and oxygen atoms in total. The van der Waals surface area contributed by atoms with E-state index in [0.717, 1.165) is 0 Å². The number of halogens is 4. The molecule has 0 radical (unpaired) electrons. The van der Waals surface area contributed by atoms with Crippen LogP contribution in [0.4, 0.5) is 17.6 Å². The zero-order valence-corrected chi connectivity index (χ0v) is 8.27. The van der Waals surface area contributed by atoms with Gasteiger partial charge in [0.1, 0.15) is 0 Å². The van der Waals surface area contributed by atoms with Gasteiger partial charge in [0.2, 0.25) is 11.0 Å². The second-order valence-corrected chi connectivity index (χ2v) is 3.52. The van der Waals surface area contributed by atoms with E-state index < -0.39 is 29.9 Å². The molecular weight excluding hydrogens is 254 g/mol. The van der Waals surface area contributed by atoms with Crippen molar-refractivity contribution in [2.75, 3.05) is 5.75 Å². The van der Waals surface area contributed by atoms with Gasteiger partial charge in [-0.15, -0.1) is 5.10 Å². The second kappa shape index (κ2) is 4.68. The summed E-state index contributed by atoms with van der Waals surface area (Å²) < 4.78 is 49.1. The van der Waals surface area contributed by atoms with E-state index in [1.54, 1.807) is 5.10 Å². The van der Waals surface area contributed by atoms with Crippen LogP contribution in [0.15, 0.2) is 5.16 Å². The van der Waals surface area contributed by atoms with Crippen LogP contribution in [0.5, 0.6) is 0 Å². The Bertz CT molecular complexity index is 384. The highest BCUT2D eigenvalue weighted by molar-refractivity contribution is 7.99. The molecule has 1 heterocycles. The predicted octanol–water partition coefficient (Wildman–Crippen LogP) is 1.34. The number of carboxylic acid groups (broad SMARTS) is 1. The highest BCUT2D eigenvalue weighted by atomic mass is 32.2. The van der Waals surface area contributed by atoms with Gasteiger partial charge in [0, 0.05) is 0 Å². The Kier molecular flexibility index (Phi) is 3.73. The molecule has 0 aliphatic heterocycles. The third kappa shape index (κ3) is 2.84. The first-order valence-corrected chi connectivity index (χ1v) is 4.76. The smallest absolute Gasteiger partial charge is 0.365 e. The minimum atomic E-state index is -4.42. The van der Waals surface area contributed by atoms with Crippen LogP contribution in [0.25, 0.3) is 0 Å². The van der Waals surface area contributed by atoms with Gasteiger partial charge < -0.3 is 5.11 Å². The fourth-order valence-corrected chi connectivity index (χ4v) is 1.21. The highest BCUT2D eigenvalue weighted by Crippen LogP contribution is 2.32. The van der Waals surface area contributed by atoms with Gasteiger partial charge in [-0.1, -0.05) is 11.8 Å². The molecule has 0 unspecified atom stereocenters. The fraction of sp³-hybridized carbons (Fsp3) is 0.500. The Balaban J connectivity index is 2.75. The number of nitrogens with zero attached hydrogens (tertiary/aromatic N) is 2. The number of aromatic amines is 1. The van der Waals surface area contributed by atoms with Crippen LogP contribution in [0.2, 0.25) is 0 Å². The third-order valence-corrected chi connectivity index (χ3v) is 2.21. The minimum Gasteiger partial charge on any atom is -0.481 e. The average molecular weight is 259 g/mol. The number of hydrogen-bond acceptors (Lipinski definition) is 4. The number of carbonyl (C=O) groups is 1. The standard InChI is InChI=1S/C6H5F4N3O2S/c7-3(8)6(9,10)4-11-5(13-12-4)16-1-2(14)15/h3H,1H2,(H,14,15)(H,11,12,13). The van der Waals surface area contributed by atoms with Crippen molar-refractivity contribution in [1.82, 2.24) is 15.2 Å². The lowest BCUT2D eigenvalue weighted by Gasteiger charge is -2.10. The molecule has 16 heavy (non-hydrogen) atoms. The molecule has 0 aromatic carbocycles. The summed E-state index contributed by atoms with van der Waals surface area (Å²) in [6.07, 6.45) is -3.90. The van der Waals surface area contributed by atoms with Gasteiger partial charge in [-0.2, -0.15) is 13.8 Å². The maximum Gasteiger partial charge on any atom is 0.365 e. The molecule has 0 aliphatic carbocycles. The van der Waals surface area contributed by atoms with Crippen molar-refractivity contribution in [1.29, 1.82) is 0 Å². The summed E-state index contributed by atoms with van der Waals surface area (Å²) in [4.78, 5) is 13.2. The second-order valence-electron chi connectivity index (χ2n) is 2.57. The number of aromatic nitrogens is 3. The van der Waals surface area contributed by atoms with Crippen molar-refractivity contribution in [3.8, 4) is 0 Å². The third-order valence-electron chi connectivity index (χ3n) is 1.38. The first-order valence-electron chi connectivity index (χ1n) is 3.77. The van der Waals surface area contributed by atoms with Crippen molar-refractivity contribution in [3.05, 3.63) is 5.82 Å². The highest BCUT2D eigenvalue weighted by Gasteiger charge is 2.46. The van der Waals surface area contributed by atoms with Gasteiger partial charge in [0.05, 0.1) is 5.75 Å². The Morgan fingerprint density at radius 3 is 2.69 bits per heavy atom. The number of rotatable bonds is 5. The van der Waals surface area contributed by atoms with Gasteiger partial charge in [-0.3, -0.25) is 9.89 Å². The molecule has 90 valence electrons.